The molecule has 96 valence electrons. The Morgan fingerprint density at radius 2 is 1.83 bits per heavy atom. The molecule has 0 saturated carbocycles. The molecule has 1 aromatic heterocycles. The highest BCUT2D eigenvalue weighted by atomic mass is 35.5. The van der Waals surface area contributed by atoms with Crippen LogP contribution in [0.2, 0.25) is 5.02 Å². The van der Waals surface area contributed by atoms with Gasteiger partial charge in [-0.2, -0.15) is 4.98 Å². The van der Waals surface area contributed by atoms with E-state index in [0.29, 0.717) is 16.7 Å². The molecule has 0 aliphatic heterocycles. The highest BCUT2D eigenvalue weighted by Crippen LogP contribution is 2.30. The molecule has 0 bridgehead atoms. The van der Waals surface area contributed by atoms with Crippen LogP contribution in [0.5, 0.6) is 0 Å². The van der Waals surface area contributed by atoms with Crippen LogP contribution < -0.4 is 5.73 Å². The van der Waals surface area contributed by atoms with Gasteiger partial charge in [-0.1, -0.05) is 37.5 Å². The summed E-state index contributed by atoms with van der Waals surface area (Å²) >= 11 is 5.83. The molecule has 1 atom stereocenters. The fourth-order valence-electron chi connectivity index (χ4n) is 1.45. The van der Waals surface area contributed by atoms with Gasteiger partial charge in [0.05, 0.1) is 6.04 Å². The lowest BCUT2D eigenvalue weighted by molar-refractivity contribution is 0.253. The third-order valence-electron chi connectivity index (χ3n) is 2.74. The Kier molecular flexibility index (Phi) is 3.41. The van der Waals surface area contributed by atoms with E-state index in [1.807, 2.05) is 32.9 Å². The van der Waals surface area contributed by atoms with Crippen molar-refractivity contribution in [3.63, 3.8) is 0 Å². The van der Waals surface area contributed by atoms with Crippen molar-refractivity contribution >= 4 is 11.6 Å². The molecule has 2 aromatic rings. The standard InChI is InChI=1S/C13H16ClN3O/c1-13(2,3)10(15)12-16-11(17-18-12)8-4-6-9(14)7-5-8/h4-7,10H,15H2,1-3H3. The predicted molar refractivity (Wildman–Crippen MR) is 71.1 cm³/mol. The number of nitrogens with zero attached hydrogens (tertiary/aromatic N) is 2. The summed E-state index contributed by atoms with van der Waals surface area (Å²) in [4.78, 5) is 4.33. The van der Waals surface area contributed by atoms with E-state index in [1.165, 1.54) is 0 Å². The number of rotatable bonds is 2. The van der Waals surface area contributed by atoms with Crippen LogP contribution >= 0.6 is 11.6 Å². The molecule has 2 rings (SSSR count). The molecule has 0 radical (unpaired) electrons. The second-order valence-corrected chi connectivity index (χ2v) is 5.74. The number of halogens is 1. The van der Waals surface area contributed by atoms with Crippen LogP contribution in [0.4, 0.5) is 0 Å². The van der Waals surface area contributed by atoms with Gasteiger partial charge >= 0.3 is 0 Å². The second-order valence-electron chi connectivity index (χ2n) is 5.31. The third-order valence-corrected chi connectivity index (χ3v) is 3.00. The van der Waals surface area contributed by atoms with Gasteiger partial charge in [-0.3, -0.25) is 0 Å². The maximum Gasteiger partial charge on any atom is 0.244 e. The first-order valence-corrected chi connectivity index (χ1v) is 6.11. The minimum absolute atomic E-state index is 0.121. The SMILES string of the molecule is CC(C)(C)C(N)c1nc(-c2ccc(Cl)cc2)no1. The number of aromatic nitrogens is 2. The van der Waals surface area contributed by atoms with Gasteiger partial charge in [0.2, 0.25) is 11.7 Å². The Morgan fingerprint density at radius 3 is 2.39 bits per heavy atom. The molecular formula is C13H16ClN3O. The minimum Gasteiger partial charge on any atom is -0.337 e. The van der Waals surface area contributed by atoms with Gasteiger partial charge < -0.3 is 10.3 Å². The molecule has 1 heterocycles. The average Bonchev–Trinajstić information content (AvgIpc) is 2.77. The van der Waals surface area contributed by atoms with Crippen molar-refractivity contribution in [1.82, 2.24) is 10.1 Å². The molecule has 0 aliphatic rings. The van der Waals surface area contributed by atoms with Crippen LogP contribution in [-0.4, -0.2) is 10.1 Å². The van der Waals surface area contributed by atoms with Crippen molar-refractivity contribution in [2.75, 3.05) is 0 Å². The third kappa shape index (κ3) is 2.71. The smallest absolute Gasteiger partial charge is 0.244 e. The molecule has 1 unspecified atom stereocenters. The van der Waals surface area contributed by atoms with Crippen molar-refractivity contribution in [1.29, 1.82) is 0 Å². The highest BCUT2D eigenvalue weighted by molar-refractivity contribution is 6.30. The molecule has 18 heavy (non-hydrogen) atoms. The fourth-order valence-corrected chi connectivity index (χ4v) is 1.57. The molecular weight excluding hydrogens is 250 g/mol. The van der Waals surface area contributed by atoms with Crippen LogP contribution in [-0.2, 0) is 0 Å². The van der Waals surface area contributed by atoms with Crippen molar-refractivity contribution < 1.29 is 4.52 Å². The molecule has 0 aliphatic carbocycles. The molecule has 0 amide bonds. The first-order valence-electron chi connectivity index (χ1n) is 5.73. The summed E-state index contributed by atoms with van der Waals surface area (Å²) in [5.74, 6) is 0.980. The summed E-state index contributed by atoms with van der Waals surface area (Å²) in [7, 11) is 0. The van der Waals surface area contributed by atoms with E-state index in [-0.39, 0.29) is 11.5 Å². The van der Waals surface area contributed by atoms with Crippen LogP contribution in [0.1, 0.15) is 32.7 Å². The van der Waals surface area contributed by atoms with Crippen LogP contribution in [0.15, 0.2) is 28.8 Å². The van der Waals surface area contributed by atoms with Gasteiger partial charge in [0.1, 0.15) is 0 Å². The molecule has 2 N–H and O–H groups in total. The van der Waals surface area contributed by atoms with E-state index in [9.17, 15) is 0 Å². The number of benzene rings is 1. The summed E-state index contributed by atoms with van der Waals surface area (Å²) in [6.45, 7) is 6.09. The van der Waals surface area contributed by atoms with E-state index in [0.717, 1.165) is 5.56 Å². The lowest BCUT2D eigenvalue weighted by Gasteiger charge is -2.23. The van der Waals surface area contributed by atoms with E-state index >= 15 is 0 Å². The zero-order chi connectivity index (χ0) is 13.3. The van der Waals surface area contributed by atoms with Crippen molar-refractivity contribution in [3.05, 3.63) is 35.2 Å². The number of nitrogens with two attached hydrogens (primary N) is 1. The summed E-state index contributed by atoms with van der Waals surface area (Å²) in [5, 5.41) is 4.62. The highest BCUT2D eigenvalue weighted by Gasteiger charge is 2.27. The summed E-state index contributed by atoms with van der Waals surface area (Å²) in [6.07, 6.45) is 0. The van der Waals surface area contributed by atoms with Crippen LogP contribution in [0.25, 0.3) is 11.4 Å². The van der Waals surface area contributed by atoms with Crippen LogP contribution in [0.3, 0.4) is 0 Å². The first kappa shape index (κ1) is 13.1. The van der Waals surface area contributed by atoms with Gasteiger partial charge in [0.25, 0.3) is 0 Å². The molecule has 1 aromatic carbocycles. The Balaban J connectivity index is 2.28. The molecule has 0 saturated heterocycles. The molecule has 4 nitrogen and oxygen atoms in total. The van der Waals surface area contributed by atoms with Crippen molar-refractivity contribution in [2.24, 2.45) is 11.1 Å². The second kappa shape index (κ2) is 4.71. The number of hydrogen-bond donors (Lipinski definition) is 1. The fraction of sp³-hybridized carbons (Fsp3) is 0.385. The summed E-state index contributed by atoms with van der Waals surface area (Å²) < 4.78 is 5.22. The van der Waals surface area contributed by atoms with Gasteiger partial charge in [-0.25, -0.2) is 0 Å². The Labute approximate surface area is 111 Å². The normalized spacial score (nSPS) is 13.6. The van der Waals surface area contributed by atoms with Crippen molar-refractivity contribution in [2.45, 2.75) is 26.8 Å². The molecule has 5 heteroatoms. The summed E-state index contributed by atoms with van der Waals surface area (Å²) in [6, 6.07) is 6.98. The summed E-state index contributed by atoms with van der Waals surface area (Å²) in [5.41, 5.74) is 6.81. The Hall–Kier alpha value is -1.39. The number of hydrogen-bond acceptors (Lipinski definition) is 4. The largest absolute Gasteiger partial charge is 0.337 e. The van der Waals surface area contributed by atoms with Gasteiger partial charge in [0.15, 0.2) is 0 Å². The zero-order valence-electron chi connectivity index (χ0n) is 10.6. The first-order chi connectivity index (χ1) is 8.38. The maximum atomic E-state index is 6.07. The van der Waals surface area contributed by atoms with E-state index < -0.39 is 0 Å². The van der Waals surface area contributed by atoms with Crippen molar-refractivity contribution in [3.8, 4) is 11.4 Å². The monoisotopic (exact) mass is 265 g/mol. The predicted octanol–water partition coefficient (Wildman–Crippen LogP) is 3.44. The van der Waals surface area contributed by atoms with E-state index in [1.54, 1.807) is 12.1 Å². The maximum absolute atomic E-state index is 6.07. The van der Waals surface area contributed by atoms with Gasteiger partial charge in [-0.05, 0) is 29.7 Å². The van der Waals surface area contributed by atoms with Crippen LogP contribution in [0, 0.1) is 5.41 Å². The lowest BCUT2D eigenvalue weighted by Crippen LogP contribution is -2.26. The lowest BCUT2D eigenvalue weighted by atomic mass is 9.87. The van der Waals surface area contributed by atoms with E-state index in [4.69, 9.17) is 21.9 Å². The minimum atomic E-state index is -0.286. The topological polar surface area (TPSA) is 64.9 Å². The Bertz CT molecular complexity index is 528. The zero-order valence-corrected chi connectivity index (χ0v) is 11.4. The molecule has 0 spiro atoms. The van der Waals surface area contributed by atoms with Gasteiger partial charge in [-0.15, -0.1) is 0 Å². The molecule has 0 fully saturated rings. The Morgan fingerprint density at radius 1 is 1.22 bits per heavy atom. The quantitative estimate of drug-likeness (QED) is 0.903. The van der Waals surface area contributed by atoms with Gasteiger partial charge in [0, 0.05) is 10.6 Å². The van der Waals surface area contributed by atoms with E-state index in [2.05, 4.69) is 10.1 Å². The average molecular weight is 266 g/mol.